The molecule has 5 heteroatoms. The van der Waals surface area contributed by atoms with Crippen LogP contribution in [0.2, 0.25) is 0 Å². The van der Waals surface area contributed by atoms with Gasteiger partial charge in [-0.2, -0.15) is 0 Å². The first-order chi connectivity index (χ1) is 16.4. The first kappa shape index (κ1) is 25.4. The molecule has 196 valence electrons. The molecule has 5 nitrogen and oxygen atoms in total. The molecule has 5 unspecified atom stereocenters. The average Bonchev–Trinajstić information content (AvgIpc) is 3.17. The Morgan fingerprint density at radius 1 is 1.06 bits per heavy atom. The molecular weight excluding hydrogens is 440 g/mol. The van der Waals surface area contributed by atoms with Crippen LogP contribution < -0.4 is 0 Å². The largest absolute Gasteiger partial charge is 0.462 e. The number of rotatable bonds is 6. The van der Waals surface area contributed by atoms with Gasteiger partial charge in [-0.15, -0.1) is 0 Å². The van der Waals surface area contributed by atoms with Crippen LogP contribution in [0.5, 0.6) is 0 Å². The summed E-state index contributed by atoms with van der Waals surface area (Å²) in [6.45, 7) is 15.3. The molecule has 0 radical (unpaired) electrons. The van der Waals surface area contributed by atoms with E-state index in [0.717, 1.165) is 38.5 Å². The number of ketones is 1. The van der Waals surface area contributed by atoms with Crippen molar-refractivity contribution in [2.24, 2.45) is 40.4 Å². The Balaban J connectivity index is 1.45. The molecule has 2 heterocycles. The van der Waals surface area contributed by atoms with Crippen molar-refractivity contribution in [3.63, 3.8) is 0 Å². The topological polar surface area (TPSA) is 61.8 Å². The standard InChI is InChI=1S/C30H46O5/c1-18(2)19(3)8-9-20(4)23-10-11-24-28(23,7)26(32)16-25-27(6)13-12-22(33-21(5)31)17-29(27)14-15-30(24,25)35-34-29/h16,18-20,22-24H,8-15,17H2,1-7H3/t19-,20+,22?,23?,24?,27?,28?,29+,30-/m0/s1. The van der Waals surface area contributed by atoms with E-state index in [1.54, 1.807) is 0 Å². The van der Waals surface area contributed by atoms with E-state index < -0.39 is 16.6 Å². The van der Waals surface area contributed by atoms with Crippen LogP contribution >= 0.6 is 0 Å². The fourth-order valence-electron chi connectivity index (χ4n) is 9.06. The number of allylic oxidation sites excluding steroid dienone is 1. The predicted molar refractivity (Wildman–Crippen MR) is 134 cm³/mol. The quantitative estimate of drug-likeness (QED) is 0.313. The van der Waals surface area contributed by atoms with Crippen molar-refractivity contribution in [2.75, 3.05) is 0 Å². The third kappa shape index (κ3) is 3.46. The second kappa shape index (κ2) is 8.41. The van der Waals surface area contributed by atoms with Gasteiger partial charge in [-0.3, -0.25) is 9.59 Å². The summed E-state index contributed by atoms with van der Waals surface area (Å²) in [5.41, 5.74) is -0.486. The van der Waals surface area contributed by atoms with Gasteiger partial charge in [0, 0.05) is 30.1 Å². The molecule has 3 saturated carbocycles. The van der Waals surface area contributed by atoms with Crippen LogP contribution in [-0.4, -0.2) is 29.1 Å². The molecule has 2 spiro atoms. The van der Waals surface area contributed by atoms with E-state index in [-0.39, 0.29) is 23.4 Å². The second-order valence-corrected chi connectivity index (χ2v) is 13.6. The summed E-state index contributed by atoms with van der Waals surface area (Å²) in [6, 6.07) is 0. The maximum Gasteiger partial charge on any atom is 0.302 e. The Kier molecular flexibility index (Phi) is 6.12. The van der Waals surface area contributed by atoms with Crippen molar-refractivity contribution in [1.29, 1.82) is 0 Å². The molecule has 0 N–H and O–H groups in total. The lowest BCUT2D eigenvalue weighted by molar-refractivity contribution is -0.493. The van der Waals surface area contributed by atoms with E-state index in [2.05, 4.69) is 41.5 Å². The Labute approximate surface area is 211 Å². The molecule has 0 aromatic carbocycles. The third-order valence-corrected chi connectivity index (χ3v) is 11.7. The SMILES string of the molecule is CC(=O)OC1CCC2(C)C3=CC(=O)C4(C)C([C@H](C)CC[C@H](C)C(C)C)CCC4[C@@]34CC[C@]2(C1)OO4. The highest BCUT2D eigenvalue weighted by molar-refractivity contribution is 5.98. The van der Waals surface area contributed by atoms with Crippen molar-refractivity contribution in [3.05, 3.63) is 11.6 Å². The monoisotopic (exact) mass is 486 g/mol. The minimum absolute atomic E-state index is 0.148. The summed E-state index contributed by atoms with van der Waals surface area (Å²) in [5.74, 6) is 2.54. The molecule has 2 aliphatic heterocycles. The highest BCUT2D eigenvalue weighted by Crippen LogP contribution is 2.72. The van der Waals surface area contributed by atoms with Crippen molar-refractivity contribution < 1.29 is 24.1 Å². The number of ether oxygens (including phenoxy) is 1. The van der Waals surface area contributed by atoms with Crippen LogP contribution in [0.1, 0.15) is 106 Å². The Morgan fingerprint density at radius 3 is 2.43 bits per heavy atom. The summed E-state index contributed by atoms with van der Waals surface area (Å²) < 4.78 is 5.60. The molecule has 5 fully saturated rings. The molecule has 0 aromatic rings. The molecule has 2 bridgehead atoms. The summed E-state index contributed by atoms with van der Waals surface area (Å²) in [6.07, 6.45) is 10.4. The highest BCUT2D eigenvalue weighted by Gasteiger charge is 2.75. The van der Waals surface area contributed by atoms with Gasteiger partial charge in [0.2, 0.25) is 0 Å². The zero-order valence-electron chi connectivity index (χ0n) is 22.9. The molecule has 6 aliphatic rings. The van der Waals surface area contributed by atoms with E-state index in [1.807, 2.05) is 6.08 Å². The van der Waals surface area contributed by atoms with Gasteiger partial charge in [-0.25, -0.2) is 9.78 Å². The Morgan fingerprint density at radius 2 is 1.80 bits per heavy atom. The minimum atomic E-state index is -0.523. The molecule has 35 heavy (non-hydrogen) atoms. The van der Waals surface area contributed by atoms with E-state index in [4.69, 9.17) is 14.5 Å². The van der Waals surface area contributed by atoms with E-state index in [9.17, 15) is 9.59 Å². The molecular formula is C30H46O5. The van der Waals surface area contributed by atoms with Crippen LogP contribution in [0, 0.1) is 40.4 Å². The summed E-state index contributed by atoms with van der Waals surface area (Å²) in [4.78, 5) is 38.6. The van der Waals surface area contributed by atoms with Crippen LogP contribution in [0.3, 0.4) is 0 Å². The first-order valence-electron chi connectivity index (χ1n) is 14.2. The van der Waals surface area contributed by atoms with E-state index in [0.29, 0.717) is 35.9 Å². The molecule has 2 saturated heterocycles. The zero-order valence-corrected chi connectivity index (χ0v) is 22.9. The van der Waals surface area contributed by atoms with Gasteiger partial charge < -0.3 is 4.74 Å². The fraction of sp³-hybridized carbons (Fsp3) is 0.867. The molecule has 9 atom stereocenters. The lowest BCUT2D eigenvalue weighted by Gasteiger charge is -2.68. The average molecular weight is 487 g/mol. The van der Waals surface area contributed by atoms with Gasteiger partial charge in [0.1, 0.15) is 17.3 Å². The molecule has 4 aliphatic carbocycles. The van der Waals surface area contributed by atoms with E-state index in [1.165, 1.54) is 25.3 Å². The first-order valence-corrected chi connectivity index (χ1v) is 14.2. The van der Waals surface area contributed by atoms with Crippen molar-refractivity contribution in [3.8, 4) is 0 Å². The van der Waals surface area contributed by atoms with Crippen LogP contribution in [0.15, 0.2) is 11.6 Å². The number of fused-ring (bicyclic) bond motifs is 3. The number of esters is 1. The van der Waals surface area contributed by atoms with Crippen molar-refractivity contribution >= 4 is 11.8 Å². The van der Waals surface area contributed by atoms with Crippen LogP contribution in [0.25, 0.3) is 0 Å². The minimum Gasteiger partial charge on any atom is -0.462 e. The summed E-state index contributed by atoms with van der Waals surface area (Å²) >= 11 is 0. The fourth-order valence-corrected chi connectivity index (χ4v) is 9.06. The van der Waals surface area contributed by atoms with Gasteiger partial charge >= 0.3 is 5.97 Å². The highest BCUT2D eigenvalue weighted by atomic mass is 17.2. The third-order valence-electron chi connectivity index (χ3n) is 11.7. The number of carbonyl (C=O) groups excluding carboxylic acids is 2. The summed E-state index contributed by atoms with van der Waals surface area (Å²) in [5, 5.41) is 0. The zero-order chi connectivity index (χ0) is 25.4. The van der Waals surface area contributed by atoms with Gasteiger partial charge in [-0.05, 0) is 73.8 Å². The van der Waals surface area contributed by atoms with Gasteiger partial charge in [0.15, 0.2) is 5.78 Å². The smallest absolute Gasteiger partial charge is 0.302 e. The lowest BCUT2D eigenvalue weighted by Crippen LogP contribution is -2.72. The molecule has 0 aromatic heterocycles. The molecule has 6 rings (SSSR count). The molecule has 0 amide bonds. The maximum absolute atomic E-state index is 14.1. The Hall–Kier alpha value is -1.20. The predicted octanol–water partition coefficient (Wildman–Crippen LogP) is 6.59. The van der Waals surface area contributed by atoms with Crippen molar-refractivity contribution in [2.45, 2.75) is 124 Å². The number of carbonyl (C=O) groups is 2. The van der Waals surface area contributed by atoms with E-state index >= 15 is 0 Å². The lowest BCUT2D eigenvalue weighted by atomic mass is 9.44. The van der Waals surface area contributed by atoms with Crippen LogP contribution in [-0.2, 0) is 24.1 Å². The maximum atomic E-state index is 14.1. The second-order valence-electron chi connectivity index (χ2n) is 13.6. The number of hydrogen-bond acceptors (Lipinski definition) is 5. The van der Waals surface area contributed by atoms with Gasteiger partial charge in [0.05, 0.1) is 0 Å². The van der Waals surface area contributed by atoms with Gasteiger partial charge in [0.25, 0.3) is 0 Å². The van der Waals surface area contributed by atoms with Gasteiger partial charge in [-0.1, -0.05) is 54.4 Å². The Bertz CT molecular complexity index is 912. The summed E-state index contributed by atoms with van der Waals surface area (Å²) in [7, 11) is 0. The normalized spacial score (nSPS) is 45.9. The van der Waals surface area contributed by atoms with Crippen molar-refractivity contribution in [1.82, 2.24) is 0 Å². The number of hydrogen-bond donors (Lipinski definition) is 0. The van der Waals surface area contributed by atoms with Crippen LogP contribution in [0.4, 0.5) is 0 Å².